The van der Waals surface area contributed by atoms with Crippen molar-refractivity contribution in [1.29, 1.82) is 0 Å². The van der Waals surface area contributed by atoms with E-state index in [-0.39, 0.29) is 32.1 Å². The summed E-state index contributed by atoms with van der Waals surface area (Å²) in [5, 5.41) is 12.7. The third kappa shape index (κ3) is 49.5. The molecule has 0 spiro atoms. The summed E-state index contributed by atoms with van der Waals surface area (Å²) in [7, 11) is -4.44. The Morgan fingerprint density at radius 2 is 0.905 bits per heavy atom. The molecular weight excluding hydrogens is 810 g/mol. The van der Waals surface area contributed by atoms with Crippen LogP contribution < -0.4 is 5.32 Å². The molecule has 2 atom stereocenters. The number of carbonyl (C=O) groups excluding carboxylic acids is 2. The van der Waals surface area contributed by atoms with E-state index in [4.69, 9.17) is 13.8 Å². The third-order valence-corrected chi connectivity index (χ3v) is 10.7. The summed E-state index contributed by atoms with van der Waals surface area (Å²) in [6, 6.07) is 0. The second-order valence-corrected chi connectivity index (χ2v) is 17.1. The first kappa shape index (κ1) is 59.7. The molecule has 358 valence electrons. The fourth-order valence-electron chi connectivity index (χ4n) is 6.04. The van der Waals surface area contributed by atoms with Crippen LogP contribution in [0.15, 0.2) is 109 Å². The van der Waals surface area contributed by atoms with Gasteiger partial charge in [-0.1, -0.05) is 175 Å². The zero-order chi connectivity index (χ0) is 46.0. The largest absolute Gasteiger partial charge is 0.472 e. The molecule has 0 aromatic heterocycles. The van der Waals surface area contributed by atoms with E-state index in [1.165, 1.54) is 25.7 Å². The van der Waals surface area contributed by atoms with Crippen LogP contribution in [0.2, 0.25) is 0 Å². The van der Waals surface area contributed by atoms with Crippen molar-refractivity contribution in [3.63, 3.8) is 0 Å². The zero-order valence-electron chi connectivity index (χ0n) is 39.5. The molecule has 3 N–H and O–H groups in total. The van der Waals surface area contributed by atoms with Crippen LogP contribution in [0.1, 0.15) is 181 Å². The molecule has 0 bridgehead atoms. The average Bonchev–Trinajstić information content (AvgIpc) is 3.27. The second-order valence-electron chi connectivity index (χ2n) is 15.7. The molecule has 0 saturated carbocycles. The van der Waals surface area contributed by atoms with E-state index in [0.29, 0.717) is 12.8 Å². The van der Waals surface area contributed by atoms with E-state index in [1.807, 2.05) is 0 Å². The number of aliphatic hydroxyl groups is 1. The molecule has 0 aliphatic heterocycles. The summed E-state index contributed by atoms with van der Waals surface area (Å²) in [4.78, 5) is 34.0. The quantitative estimate of drug-likeness (QED) is 0.0238. The highest BCUT2D eigenvalue weighted by atomic mass is 31.2. The number of nitrogens with one attached hydrogen (secondary N) is 1. The van der Waals surface area contributed by atoms with Crippen molar-refractivity contribution < 1.29 is 37.9 Å². The SMILES string of the molecule is CC/C=C\C/C=C\C/C=C\C/C=C\C/C=C\CCCCCCCC(=O)OCC(O)COP(=O)(O)OCCNC(=O)CCCCCCC/C=C\C/C=C\C/C=C\C/C=C\CCCCC. The van der Waals surface area contributed by atoms with Gasteiger partial charge in [-0.05, 0) is 103 Å². The second kappa shape index (κ2) is 48.1. The summed E-state index contributed by atoms with van der Waals surface area (Å²) >= 11 is 0. The molecule has 0 aliphatic rings. The molecule has 0 aromatic carbocycles. The molecule has 0 rings (SSSR count). The lowest BCUT2D eigenvalue weighted by Crippen LogP contribution is -2.27. The number of hydrogen-bond acceptors (Lipinski definition) is 7. The van der Waals surface area contributed by atoms with Crippen molar-refractivity contribution in [3.05, 3.63) is 109 Å². The number of unbranched alkanes of at least 4 members (excludes halogenated alkanes) is 13. The van der Waals surface area contributed by atoms with Crippen molar-refractivity contribution in [3.8, 4) is 0 Å². The Hall–Kier alpha value is -3.33. The fourth-order valence-corrected chi connectivity index (χ4v) is 6.79. The molecule has 0 saturated heterocycles. The van der Waals surface area contributed by atoms with Gasteiger partial charge in [0.15, 0.2) is 0 Å². The number of aliphatic hydroxyl groups excluding tert-OH is 1. The molecule has 63 heavy (non-hydrogen) atoms. The molecule has 10 heteroatoms. The van der Waals surface area contributed by atoms with Gasteiger partial charge in [-0.2, -0.15) is 0 Å². The zero-order valence-corrected chi connectivity index (χ0v) is 40.4. The number of hydrogen-bond donors (Lipinski definition) is 3. The first-order chi connectivity index (χ1) is 30.8. The first-order valence-electron chi connectivity index (χ1n) is 24.4. The molecule has 2 unspecified atom stereocenters. The standard InChI is InChI=1S/C53H88NO8P/c1-3-5-7-9-11-13-15-17-19-21-23-25-27-29-31-33-35-37-39-41-43-45-52(56)54-47-48-61-63(58,59)62-50-51(55)49-60-53(57)46-44-42-40-38-36-34-32-30-28-26-24-22-20-18-16-14-12-10-8-6-4-2/h6,8,11-14,17-20,23-26,29-32,51,55H,3-5,7,9-10,15-16,21-22,27-28,33-50H2,1-2H3,(H,54,56)(H,58,59)/b8-6-,13-11-,14-12-,19-17-,20-18-,25-23-,26-24-,31-29-,32-30-. The van der Waals surface area contributed by atoms with E-state index in [9.17, 15) is 24.2 Å². The summed E-state index contributed by atoms with van der Waals surface area (Å²) in [6.45, 7) is 3.35. The molecule has 0 fully saturated rings. The van der Waals surface area contributed by atoms with Crippen LogP contribution in [0.3, 0.4) is 0 Å². The highest BCUT2D eigenvalue weighted by Gasteiger charge is 2.23. The average molecular weight is 898 g/mol. The fraction of sp³-hybridized carbons (Fsp3) is 0.623. The van der Waals surface area contributed by atoms with Crippen LogP contribution in [-0.2, 0) is 27.9 Å². The summed E-state index contributed by atoms with van der Waals surface area (Å²) in [5.41, 5.74) is 0. The molecular formula is C53H88NO8P. The first-order valence-corrected chi connectivity index (χ1v) is 25.9. The van der Waals surface area contributed by atoms with Crippen molar-refractivity contribution in [2.75, 3.05) is 26.4 Å². The van der Waals surface area contributed by atoms with Gasteiger partial charge in [0.2, 0.25) is 5.91 Å². The number of ether oxygens (including phenoxy) is 1. The summed E-state index contributed by atoms with van der Waals surface area (Å²) in [6.07, 6.45) is 64.4. The van der Waals surface area contributed by atoms with Crippen LogP contribution in [-0.4, -0.2) is 54.3 Å². The number of allylic oxidation sites excluding steroid dienone is 18. The third-order valence-electron chi connectivity index (χ3n) is 9.69. The van der Waals surface area contributed by atoms with Crippen molar-refractivity contribution >= 4 is 19.7 Å². The highest BCUT2D eigenvalue weighted by Crippen LogP contribution is 2.42. The van der Waals surface area contributed by atoms with Gasteiger partial charge in [0.25, 0.3) is 0 Å². The Labute approximate surface area is 384 Å². The molecule has 1 amide bonds. The lowest BCUT2D eigenvalue weighted by atomic mass is 10.1. The minimum Gasteiger partial charge on any atom is -0.463 e. The van der Waals surface area contributed by atoms with E-state index in [2.05, 4.69) is 129 Å². The van der Waals surface area contributed by atoms with Crippen LogP contribution in [0.4, 0.5) is 0 Å². The van der Waals surface area contributed by atoms with Gasteiger partial charge in [0.05, 0.1) is 13.2 Å². The summed E-state index contributed by atoms with van der Waals surface area (Å²) in [5.74, 6) is -0.562. The van der Waals surface area contributed by atoms with Crippen molar-refractivity contribution in [1.82, 2.24) is 5.32 Å². The number of phosphoric ester groups is 1. The van der Waals surface area contributed by atoms with Gasteiger partial charge in [-0.15, -0.1) is 0 Å². The lowest BCUT2D eigenvalue weighted by molar-refractivity contribution is -0.147. The van der Waals surface area contributed by atoms with Gasteiger partial charge in [-0.3, -0.25) is 18.6 Å². The minimum absolute atomic E-state index is 0.0618. The molecule has 0 radical (unpaired) electrons. The summed E-state index contributed by atoms with van der Waals surface area (Å²) < 4.78 is 26.9. The van der Waals surface area contributed by atoms with E-state index in [1.54, 1.807) is 0 Å². The van der Waals surface area contributed by atoms with Crippen molar-refractivity contribution in [2.45, 2.75) is 187 Å². The number of rotatable bonds is 44. The number of carbonyl (C=O) groups is 2. The Morgan fingerprint density at radius 3 is 1.37 bits per heavy atom. The Morgan fingerprint density at radius 1 is 0.508 bits per heavy atom. The van der Waals surface area contributed by atoms with Gasteiger partial charge in [0.1, 0.15) is 12.7 Å². The lowest BCUT2D eigenvalue weighted by Gasteiger charge is -2.15. The van der Waals surface area contributed by atoms with E-state index in [0.717, 1.165) is 122 Å². The van der Waals surface area contributed by atoms with Gasteiger partial charge >= 0.3 is 13.8 Å². The smallest absolute Gasteiger partial charge is 0.463 e. The van der Waals surface area contributed by atoms with Gasteiger partial charge < -0.3 is 20.1 Å². The van der Waals surface area contributed by atoms with E-state index < -0.39 is 26.5 Å². The number of phosphoric acid groups is 1. The predicted octanol–water partition coefficient (Wildman–Crippen LogP) is 14.3. The number of esters is 1. The van der Waals surface area contributed by atoms with E-state index >= 15 is 0 Å². The minimum atomic E-state index is -4.44. The molecule has 0 heterocycles. The van der Waals surface area contributed by atoms with Crippen LogP contribution >= 0.6 is 7.82 Å². The van der Waals surface area contributed by atoms with Crippen LogP contribution in [0.5, 0.6) is 0 Å². The normalized spacial score (nSPS) is 14.2. The maximum Gasteiger partial charge on any atom is 0.472 e. The topological polar surface area (TPSA) is 131 Å². The van der Waals surface area contributed by atoms with Crippen molar-refractivity contribution in [2.24, 2.45) is 0 Å². The molecule has 9 nitrogen and oxygen atoms in total. The van der Waals surface area contributed by atoms with Gasteiger partial charge in [0, 0.05) is 19.4 Å². The molecule has 0 aliphatic carbocycles. The van der Waals surface area contributed by atoms with Crippen LogP contribution in [0.25, 0.3) is 0 Å². The highest BCUT2D eigenvalue weighted by molar-refractivity contribution is 7.47. The monoisotopic (exact) mass is 898 g/mol. The maximum absolute atomic E-state index is 12.1. The number of amides is 1. The Balaban J connectivity index is 3.68. The maximum atomic E-state index is 12.1. The Kier molecular flexibility index (Phi) is 45.6. The van der Waals surface area contributed by atoms with Crippen LogP contribution in [0, 0.1) is 0 Å². The molecule has 0 aromatic rings. The van der Waals surface area contributed by atoms with Gasteiger partial charge in [-0.25, -0.2) is 4.57 Å². The predicted molar refractivity (Wildman–Crippen MR) is 265 cm³/mol. The Bertz CT molecular complexity index is 1390.